The van der Waals surface area contributed by atoms with Crippen LogP contribution in [0.4, 0.5) is 13.2 Å². The molecular weight excluding hydrogens is 658 g/mol. The Balaban J connectivity index is 1.06. The van der Waals surface area contributed by atoms with E-state index in [1.54, 1.807) is 18.2 Å². The molecule has 2 aliphatic rings. The molecule has 4 aromatic carbocycles. The number of piperidine rings is 1. The van der Waals surface area contributed by atoms with E-state index in [1.807, 2.05) is 72.8 Å². The van der Waals surface area contributed by atoms with E-state index in [9.17, 15) is 22.8 Å². The van der Waals surface area contributed by atoms with Gasteiger partial charge in [0.15, 0.2) is 0 Å². The second-order valence-corrected chi connectivity index (χ2v) is 13.4. The zero-order valence-corrected chi connectivity index (χ0v) is 27.8. The molecule has 250 valence electrons. The molecular formula is C38H36Cl2F3N3O2. The lowest BCUT2D eigenvalue weighted by molar-refractivity contribution is -0.141. The molecule has 48 heavy (non-hydrogen) atoms. The monoisotopic (exact) mass is 693 g/mol. The Labute approximate surface area is 288 Å². The lowest BCUT2D eigenvalue weighted by Crippen LogP contribution is -2.47. The molecule has 0 spiro atoms. The van der Waals surface area contributed by atoms with Crippen LogP contribution in [0.2, 0.25) is 10.0 Å². The second kappa shape index (κ2) is 14.3. The van der Waals surface area contributed by atoms with E-state index in [1.165, 1.54) is 0 Å². The third-order valence-electron chi connectivity index (χ3n) is 9.49. The van der Waals surface area contributed by atoms with Crippen molar-refractivity contribution >= 4 is 35.0 Å². The Bertz CT molecular complexity index is 1760. The van der Waals surface area contributed by atoms with Crippen LogP contribution in [0.3, 0.4) is 0 Å². The lowest BCUT2D eigenvalue weighted by atomic mass is 9.73. The van der Waals surface area contributed by atoms with Gasteiger partial charge in [0.2, 0.25) is 5.91 Å². The van der Waals surface area contributed by atoms with Gasteiger partial charge in [-0.3, -0.25) is 9.59 Å². The summed E-state index contributed by atoms with van der Waals surface area (Å²) in [5.41, 5.74) is 4.12. The van der Waals surface area contributed by atoms with Gasteiger partial charge in [-0.1, -0.05) is 102 Å². The number of unbranched alkanes of at least 4 members (excludes halogenated alkanes) is 1. The number of amides is 2. The van der Waals surface area contributed by atoms with Crippen molar-refractivity contribution in [1.29, 1.82) is 0 Å². The zero-order valence-electron chi connectivity index (χ0n) is 26.3. The maximum Gasteiger partial charge on any atom is 0.405 e. The van der Waals surface area contributed by atoms with Gasteiger partial charge in [0.05, 0.1) is 0 Å². The number of nitrogens with zero attached hydrogens (tertiary/aromatic N) is 1. The number of carbonyl (C=O) groups is 2. The fourth-order valence-electron chi connectivity index (χ4n) is 7.20. The van der Waals surface area contributed by atoms with Gasteiger partial charge in [-0.15, -0.1) is 0 Å². The van der Waals surface area contributed by atoms with Crippen LogP contribution in [0, 0.1) is 0 Å². The first kappa shape index (κ1) is 34.0. The van der Waals surface area contributed by atoms with Gasteiger partial charge in [0.1, 0.15) is 12.0 Å². The van der Waals surface area contributed by atoms with Crippen LogP contribution < -0.4 is 10.6 Å². The van der Waals surface area contributed by atoms with E-state index in [-0.39, 0.29) is 11.9 Å². The summed E-state index contributed by atoms with van der Waals surface area (Å²) in [7, 11) is 0. The Morgan fingerprint density at radius 1 is 0.792 bits per heavy atom. The molecule has 2 N–H and O–H groups in total. The summed E-state index contributed by atoms with van der Waals surface area (Å²) in [6.45, 7) is 1.03. The first-order valence-electron chi connectivity index (χ1n) is 16.2. The number of carbonyl (C=O) groups excluding carboxylic acids is 2. The van der Waals surface area contributed by atoms with Crippen molar-refractivity contribution in [3.8, 4) is 22.3 Å². The number of hydrogen-bond acceptors (Lipinski definition) is 3. The van der Waals surface area contributed by atoms with Crippen LogP contribution in [0.5, 0.6) is 0 Å². The third-order valence-corrected chi connectivity index (χ3v) is 10.0. The number of fused-ring (bicyclic) bond motifs is 3. The van der Waals surface area contributed by atoms with Crippen LogP contribution in [0.1, 0.15) is 53.6 Å². The van der Waals surface area contributed by atoms with Crippen molar-refractivity contribution in [1.82, 2.24) is 15.5 Å². The Morgan fingerprint density at radius 3 is 2.02 bits per heavy atom. The Kier molecular flexibility index (Phi) is 10.2. The van der Waals surface area contributed by atoms with Crippen molar-refractivity contribution < 1.29 is 22.8 Å². The topological polar surface area (TPSA) is 61.4 Å². The van der Waals surface area contributed by atoms with Crippen LogP contribution in [0.25, 0.3) is 22.3 Å². The minimum Gasteiger partial charge on any atom is -0.349 e. The summed E-state index contributed by atoms with van der Waals surface area (Å²) in [6.07, 6.45) is -1.09. The van der Waals surface area contributed by atoms with E-state index in [4.69, 9.17) is 23.2 Å². The highest BCUT2D eigenvalue weighted by Crippen LogP contribution is 2.51. The smallest absolute Gasteiger partial charge is 0.349 e. The standard InChI is InChI=1S/C38H36Cl2F3N3O2/c39-25-15-16-30(34(40)23-25)27-9-1-2-12-31(27)35(47)45-26-17-21-46(22-18-26)20-8-7-19-37(36(48)44-24-38(41,42)43)32-13-5-3-10-28(32)29-11-4-6-14-33(29)37/h1-6,9-16,23,26H,7-8,17-22,24H2,(H,44,48)(H,45,47). The second-order valence-electron chi connectivity index (χ2n) is 12.5. The van der Waals surface area contributed by atoms with E-state index in [0.29, 0.717) is 28.5 Å². The van der Waals surface area contributed by atoms with E-state index in [2.05, 4.69) is 15.5 Å². The molecule has 0 atom stereocenters. The fourth-order valence-corrected chi connectivity index (χ4v) is 7.71. The molecule has 0 saturated carbocycles. The minimum absolute atomic E-state index is 0.0228. The van der Waals surface area contributed by atoms with Crippen LogP contribution in [-0.2, 0) is 10.2 Å². The van der Waals surface area contributed by atoms with Gasteiger partial charge in [-0.25, -0.2) is 0 Å². The number of alkyl halides is 3. The number of rotatable bonds is 10. The average molecular weight is 695 g/mol. The summed E-state index contributed by atoms with van der Waals surface area (Å²) in [5, 5.41) is 6.41. The highest BCUT2D eigenvalue weighted by atomic mass is 35.5. The summed E-state index contributed by atoms with van der Waals surface area (Å²) >= 11 is 12.5. The molecule has 1 heterocycles. The van der Waals surface area contributed by atoms with Crippen molar-refractivity contribution in [3.63, 3.8) is 0 Å². The SMILES string of the molecule is O=C(NC1CCN(CCCCC2(C(=O)NCC(F)(F)F)c3ccccc3-c3ccccc32)CC1)c1ccccc1-c1ccc(Cl)cc1Cl. The van der Waals surface area contributed by atoms with Gasteiger partial charge >= 0.3 is 6.18 Å². The van der Waals surface area contributed by atoms with Crippen molar-refractivity contribution in [3.05, 3.63) is 118 Å². The number of nitrogens with one attached hydrogen (secondary N) is 2. The summed E-state index contributed by atoms with van der Waals surface area (Å²) in [5.74, 6) is -0.769. The molecule has 1 fully saturated rings. The first-order chi connectivity index (χ1) is 23.1. The highest BCUT2D eigenvalue weighted by molar-refractivity contribution is 6.36. The Morgan fingerprint density at radius 2 is 1.40 bits per heavy atom. The van der Waals surface area contributed by atoms with Crippen LogP contribution in [-0.4, -0.2) is 55.1 Å². The highest BCUT2D eigenvalue weighted by Gasteiger charge is 2.49. The van der Waals surface area contributed by atoms with Crippen molar-refractivity contribution in [2.75, 3.05) is 26.2 Å². The fraction of sp³-hybridized carbons (Fsp3) is 0.316. The molecule has 6 rings (SSSR count). The summed E-state index contributed by atoms with van der Waals surface area (Å²) in [6, 6.07) is 27.7. The van der Waals surface area contributed by atoms with Crippen LogP contribution in [0.15, 0.2) is 91.0 Å². The predicted octanol–water partition coefficient (Wildman–Crippen LogP) is 8.67. The molecule has 4 aromatic rings. The maximum atomic E-state index is 13.7. The quantitative estimate of drug-likeness (QED) is 0.164. The van der Waals surface area contributed by atoms with Crippen LogP contribution >= 0.6 is 23.2 Å². The third kappa shape index (κ3) is 7.12. The molecule has 1 aliphatic carbocycles. The van der Waals surface area contributed by atoms with Gasteiger partial charge in [-0.2, -0.15) is 13.2 Å². The van der Waals surface area contributed by atoms with E-state index >= 15 is 0 Å². The average Bonchev–Trinajstić information content (AvgIpc) is 3.36. The lowest BCUT2D eigenvalue weighted by Gasteiger charge is -2.33. The molecule has 10 heteroatoms. The molecule has 0 bridgehead atoms. The maximum absolute atomic E-state index is 13.7. The molecule has 1 aliphatic heterocycles. The van der Waals surface area contributed by atoms with E-state index in [0.717, 1.165) is 72.3 Å². The predicted molar refractivity (Wildman–Crippen MR) is 184 cm³/mol. The molecule has 2 amide bonds. The van der Waals surface area contributed by atoms with Crippen molar-refractivity contribution in [2.45, 2.75) is 49.7 Å². The molecule has 1 saturated heterocycles. The molecule has 5 nitrogen and oxygen atoms in total. The number of hydrogen-bond donors (Lipinski definition) is 2. The van der Waals surface area contributed by atoms with Gasteiger partial charge in [-0.05, 0) is 78.2 Å². The molecule has 0 aromatic heterocycles. The summed E-state index contributed by atoms with van der Waals surface area (Å²) < 4.78 is 39.5. The normalized spacial score (nSPS) is 15.9. The van der Waals surface area contributed by atoms with Crippen molar-refractivity contribution in [2.24, 2.45) is 0 Å². The number of benzene rings is 4. The van der Waals surface area contributed by atoms with Gasteiger partial charge in [0.25, 0.3) is 5.91 Å². The number of likely N-dealkylation sites (tertiary alicyclic amines) is 1. The van der Waals surface area contributed by atoms with Gasteiger partial charge in [0, 0.05) is 40.3 Å². The number of halogens is 5. The zero-order chi connectivity index (χ0) is 33.9. The summed E-state index contributed by atoms with van der Waals surface area (Å²) in [4.78, 5) is 29.4. The van der Waals surface area contributed by atoms with Gasteiger partial charge < -0.3 is 15.5 Å². The molecule has 0 radical (unpaired) electrons. The first-order valence-corrected chi connectivity index (χ1v) is 16.9. The molecule has 0 unspecified atom stereocenters. The largest absolute Gasteiger partial charge is 0.405 e. The Hall–Kier alpha value is -3.85. The van der Waals surface area contributed by atoms with E-state index < -0.39 is 24.0 Å². The minimum atomic E-state index is -4.51.